The number of nitrogens with one attached hydrogen (secondary N) is 2. The quantitative estimate of drug-likeness (QED) is 0.639. The number of benzene rings is 1. The van der Waals surface area contributed by atoms with Crippen molar-refractivity contribution in [3.05, 3.63) is 35.5 Å². The Morgan fingerprint density at radius 2 is 2.00 bits per heavy atom. The van der Waals surface area contributed by atoms with Gasteiger partial charge in [0.2, 0.25) is 0 Å². The van der Waals surface area contributed by atoms with E-state index < -0.39 is 0 Å². The topological polar surface area (TPSA) is 73.0 Å². The van der Waals surface area contributed by atoms with Crippen molar-refractivity contribution in [2.24, 2.45) is 4.99 Å². The number of amides is 1. The summed E-state index contributed by atoms with van der Waals surface area (Å²) in [7, 11) is 1.80. The van der Waals surface area contributed by atoms with Gasteiger partial charge in [0, 0.05) is 56.9 Å². The molecular weight excluding hydrogens is 342 g/mol. The number of carbonyl (C=O) groups excluding carboxylic acids is 1. The number of fused-ring (bicyclic) bond motifs is 1. The zero-order valence-corrected chi connectivity index (χ0v) is 16.4. The van der Waals surface area contributed by atoms with Crippen LogP contribution in [0.4, 0.5) is 4.79 Å². The number of carbonyl (C=O) groups is 1. The fraction of sp³-hybridized carbons (Fsp3) is 0.500. The molecule has 0 radical (unpaired) electrons. The van der Waals surface area contributed by atoms with E-state index in [4.69, 9.17) is 4.74 Å². The zero-order chi connectivity index (χ0) is 19.2. The molecule has 27 heavy (non-hydrogen) atoms. The highest BCUT2D eigenvalue weighted by Crippen LogP contribution is 2.21. The van der Waals surface area contributed by atoms with Gasteiger partial charge in [-0.15, -0.1) is 0 Å². The van der Waals surface area contributed by atoms with Gasteiger partial charge >= 0.3 is 6.09 Å². The van der Waals surface area contributed by atoms with Gasteiger partial charge < -0.3 is 24.8 Å². The van der Waals surface area contributed by atoms with Crippen molar-refractivity contribution in [3.8, 4) is 0 Å². The third-order valence-electron chi connectivity index (χ3n) is 5.00. The van der Waals surface area contributed by atoms with Gasteiger partial charge in [-0.2, -0.15) is 0 Å². The number of hydrogen-bond donors (Lipinski definition) is 2. The molecule has 1 aromatic heterocycles. The molecule has 3 rings (SSSR count). The van der Waals surface area contributed by atoms with Gasteiger partial charge in [0.05, 0.1) is 6.61 Å². The summed E-state index contributed by atoms with van der Waals surface area (Å²) >= 11 is 0. The van der Waals surface area contributed by atoms with Crippen LogP contribution >= 0.6 is 0 Å². The maximum absolute atomic E-state index is 11.8. The Hall–Kier alpha value is -2.70. The first-order valence-electron chi connectivity index (χ1n) is 9.57. The molecule has 0 atom stereocenters. The second kappa shape index (κ2) is 8.79. The third kappa shape index (κ3) is 4.35. The summed E-state index contributed by atoms with van der Waals surface area (Å²) in [6, 6.07) is 6.39. The lowest BCUT2D eigenvalue weighted by molar-refractivity contribution is 0.0915. The highest BCUT2D eigenvalue weighted by atomic mass is 16.6. The Balaban J connectivity index is 1.51. The van der Waals surface area contributed by atoms with Crippen molar-refractivity contribution in [1.29, 1.82) is 0 Å². The van der Waals surface area contributed by atoms with Crippen molar-refractivity contribution in [3.63, 3.8) is 0 Å². The van der Waals surface area contributed by atoms with Gasteiger partial charge in [-0.25, -0.2) is 4.79 Å². The first kappa shape index (κ1) is 19.1. The molecule has 7 nitrogen and oxygen atoms in total. The van der Waals surface area contributed by atoms with Crippen LogP contribution in [0.15, 0.2) is 29.4 Å². The van der Waals surface area contributed by atoms with Gasteiger partial charge in [0.25, 0.3) is 0 Å². The number of aromatic nitrogens is 1. The van der Waals surface area contributed by atoms with E-state index in [-0.39, 0.29) is 6.09 Å². The molecule has 0 bridgehead atoms. The van der Waals surface area contributed by atoms with Gasteiger partial charge in [-0.3, -0.25) is 4.99 Å². The van der Waals surface area contributed by atoms with Crippen LogP contribution in [0.3, 0.4) is 0 Å². The van der Waals surface area contributed by atoms with E-state index in [1.54, 1.807) is 11.9 Å². The van der Waals surface area contributed by atoms with Crippen LogP contribution in [0, 0.1) is 6.92 Å². The molecule has 0 saturated carbocycles. The average Bonchev–Trinajstić information content (AvgIpc) is 3.10. The number of aryl methyl sites for hydroxylation is 1. The minimum Gasteiger partial charge on any atom is -0.450 e. The summed E-state index contributed by atoms with van der Waals surface area (Å²) in [5.74, 6) is 0.884. The highest BCUT2D eigenvalue weighted by Gasteiger charge is 2.23. The lowest BCUT2D eigenvalue weighted by Crippen LogP contribution is -2.54. The SMILES string of the molecule is CCOC(=O)N1CCN(C(=NC)NCCc2c[nH]c3c(C)cccc23)CC1. The molecule has 1 fully saturated rings. The number of aliphatic imine (C=N–C) groups is 1. The Kier molecular flexibility index (Phi) is 6.21. The summed E-state index contributed by atoms with van der Waals surface area (Å²) in [5.41, 5.74) is 3.79. The average molecular weight is 371 g/mol. The van der Waals surface area contributed by atoms with Gasteiger partial charge in [-0.05, 0) is 31.4 Å². The first-order valence-corrected chi connectivity index (χ1v) is 9.57. The number of guanidine groups is 1. The minimum absolute atomic E-state index is 0.227. The van der Waals surface area contributed by atoms with Gasteiger partial charge in [0.15, 0.2) is 5.96 Å². The number of nitrogens with zero attached hydrogens (tertiary/aromatic N) is 3. The number of para-hydroxylation sites is 1. The van der Waals surface area contributed by atoms with Crippen molar-refractivity contribution in [2.45, 2.75) is 20.3 Å². The monoisotopic (exact) mass is 371 g/mol. The molecule has 146 valence electrons. The summed E-state index contributed by atoms with van der Waals surface area (Å²) in [4.78, 5) is 23.5. The Morgan fingerprint density at radius 3 is 2.70 bits per heavy atom. The Bertz CT molecular complexity index is 806. The fourth-order valence-corrected chi connectivity index (χ4v) is 3.53. The number of H-pyrrole nitrogens is 1. The van der Waals surface area contributed by atoms with Gasteiger partial charge in [0.1, 0.15) is 0 Å². The summed E-state index contributed by atoms with van der Waals surface area (Å²) < 4.78 is 5.07. The van der Waals surface area contributed by atoms with Crippen molar-refractivity contribution in [1.82, 2.24) is 20.1 Å². The highest BCUT2D eigenvalue weighted by molar-refractivity contribution is 5.86. The van der Waals surface area contributed by atoms with Crippen LogP contribution in [0.5, 0.6) is 0 Å². The number of aromatic amines is 1. The lowest BCUT2D eigenvalue weighted by Gasteiger charge is -2.35. The number of rotatable bonds is 4. The maximum atomic E-state index is 11.8. The number of ether oxygens (including phenoxy) is 1. The van der Waals surface area contributed by atoms with E-state index in [1.807, 2.05) is 6.92 Å². The molecule has 1 aliphatic rings. The summed E-state index contributed by atoms with van der Waals surface area (Å²) in [5, 5.41) is 4.74. The molecule has 1 amide bonds. The lowest BCUT2D eigenvalue weighted by atomic mass is 10.1. The smallest absolute Gasteiger partial charge is 0.409 e. The minimum atomic E-state index is -0.227. The number of piperazine rings is 1. The normalized spacial score (nSPS) is 15.3. The predicted molar refractivity (Wildman–Crippen MR) is 108 cm³/mol. The molecule has 1 aromatic carbocycles. The molecule has 2 aromatic rings. The fourth-order valence-electron chi connectivity index (χ4n) is 3.53. The van der Waals surface area contributed by atoms with Crippen LogP contribution in [0.2, 0.25) is 0 Å². The molecule has 2 heterocycles. The molecule has 0 unspecified atom stereocenters. The first-order chi connectivity index (χ1) is 13.1. The molecule has 1 saturated heterocycles. The van der Waals surface area contributed by atoms with E-state index in [1.165, 1.54) is 22.0 Å². The third-order valence-corrected chi connectivity index (χ3v) is 5.00. The Morgan fingerprint density at radius 1 is 1.26 bits per heavy atom. The van der Waals surface area contributed by atoms with Gasteiger partial charge in [-0.1, -0.05) is 18.2 Å². The van der Waals surface area contributed by atoms with Crippen LogP contribution in [0.1, 0.15) is 18.1 Å². The Labute approximate surface area is 160 Å². The second-order valence-corrected chi connectivity index (χ2v) is 6.71. The molecule has 2 N–H and O–H groups in total. The van der Waals surface area contributed by atoms with Crippen LogP contribution in [-0.2, 0) is 11.2 Å². The largest absolute Gasteiger partial charge is 0.450 e. The summed E-state index contributed by atoms with van der Waals surface area (Å²) in [6.07, 6.45) is 2.79. The second-order valence-electron chi connectivity index (χ2n) is 6.71. The van der Waals surface area contributed by atoms with Crippen molar-refractivity contribution < 1.29 is 9.53 Å². The van der Waals surface area contributed by atoms with E-state index in [0.29, 0.717) is 19.7 Å². The maximum Gasteiger partial charge on any atom is 0.409 e. The van der Waals surface area contributed by atoms with E-state index >= 15 is 0 Å². The van der Waals surface area contributed by atoms with E-state index in [0.717, 1.165) is 32.0 Å². The van der Waals surface area contributed by atoms with E-state index in [2.05, 4.69) is 51.5 Å². The van der Waals surface area contributed by atoms with Crippen molar-refractivity contribution >= 4 is 23.0 Å². The summed E-state index contributed by atoms with van der Waals surface area (Å²) in [6.45, 7) is 7.99. The molecule has 0 spiro atoms. The molecule has 0 aliphatic carbocycles. The zero-order valence-electron chi connectivity index (χ0n) is 16.4. The van der Waals surface area contributed by atoms with E-state index in [9.17, 15) is 4.79 Å². The molecule has 7 heteroatoms. The standard InChI is InChI=1S/C20H29N5O2/c1-4-27-20(26)25-12-10-24(11-13-25)19(21-3)22-9-8-16-14-23-18-15(2)6-5-7-17(16)18/h5-7,14,23H,4,8-13H2,1-3H3,(H,21,22). The molecular formula is C20H29N5O2. The van der Waals surface area contributed by atoms with Crippen LogP contribution in [0.25, 0.3) is 10.9 Å². The van der Waals surface area contributed by atoms with Crippen LogP contribution in [-0.4, -0.2) is 73.2 Å². The van der Waals surface area contributed by atoms with Crippen molar-refractivity contribution in [2.75, 3.05) is 46.4 Å². The molecule has 1 aliphatic heterocycles. The number of hydrogen-bond acceptors (Lipinski definition) is 3. The predicted octanol–water partition coefficient (Wildman–Crippen LogP) is 2.37. The van der Waals surface area contributed by atoms with Crippen LogP contribution < -0.4 is 5.32 Å².